The first-order valence-corrected chi connectivity index (χ1v) is 26.6. The topological polar surface area (TPSA) is 153 Å². The van der Waals surface area contributed by atoms with Crippen molar-refractivity contribution >= 4 is 51.9 Å². The molecular weight excluding hydrogens is 939 g/mol. The molecule has 3 heterocycles. The van der Waals surface area contributed by atoms with E-state index in [4.69, 9.17) is 9.73 Å². The molecule has 3 aliphatic heterocycles. The fourth-order valence-electron chi connectivity index (χ4n) is 9.28. The van der Waals surface area contributed by atoms with Crippen LogP contribution in [0.4, 0.5) is 17.1 Å². The highest BCUT2D eigenvalue weighted by Gasteiger charge is 2.24. The number of likely N-dealkylation sites (tertiary alicyclic amines) is 1. The van der Waals surface area contributed by atoms with Crippen LogP contribution in [-0.2, 0) is 19.1 Å². The lowest BCUT2D eigenvalue weighted by Gasteiger charge is -2.39. The third kappa shape index (κ3) is 18.5. The van der Waals surface area contributed by atoms with E-state index in [0.29, 0.717) is 43.2 Å². The first kappa shape index (κ1) is 60.7. The number of Topliss-reactive ketones (excluding diaryl/α,β-unsaturated/α-hetero) is 4. The summed E-state index contributed by atoms with van der Waals surface area (Å²) >= 11 is 0. The zero-order valence-corrected chi connectivity index (χ0v) is 47.1. The molecular formula is C62H85N7O6. The number of nitrogens with one attached hydrogen (secondary N) is 3. The average Bonchev–Trinajstić information content (AvgIpc) is 3.39. The highest BCUT2D eigenvalue weighted by molar-refractivity contribution is 6.07. The minimum absolute atomic E-state index is 0.0272. The third-order valence-electron chi connectivity index (χ3n) is 14.2. The van der Waals surface area contributed by atoms with E-state index >= 15 is 0 Å². The van der Waals surface area contributed by atoms with E-state index in [2.05, 4.69) is 76.7 Å². The molecule has 13 nitrogen and oxygen atoms in total. The number of nitrogens with zero attached hydrogens (tertiary/aromatic N) is 4. The molecule has 2 fully saturated rings. The maximum atomic E-state index is 13.2. The summed E-state index contributed by atoms with van der Waals surface area (Å²) in [7, 11) is 0. The lowest BCUT2D eigenvalue weighted by molar-refractivity contribution is -0.121. The molecule has 6 rings (SSSR count). The summed E-state index contributed by atoms with van der Waals surface area (Å²) in [5, 5.41) is 9.96. The molecule has 404 valence electrons. The molecule has 0 aromatic heterocycles. The van der Waals surface area contributed by atoms with Crippen LogP contribution < -0.4 is 20.9 Å². The van der Waals surface area contributed by atoms with Crippen molar-refractivity contribution in [3.8, 4) is 0 Å². The summed E-state index contributed by atoms with van der Waals surface area (Å²) in [5.41, 5.74) is 11.4. The minimum Gasteiger partial charge on any atom is -0.494 e. The number of allylic oxidation sites excluding steroid dienone is 3. The summed E-state index contributed by atoms with van der Waals surface area (Å²) in [5.74, 6) is 1.63. The fourth-order valence-corrected chi connectivity index (χ4v) is 9.28. The summed E-state index contributed by atoms with van der Waals surface area (Å²) in [6.45, 7) is 38.2. The highest BCUT2D eigenvalue weighted by Crippen LogP contribution is 2.29. The molecule has 2 saturated heterocycles. The number of rotatable bonds is 18. The van der Waals surface area contributed by atoms with Gasteiger partial charge in [-0.15, -0.1) is 0 Å². The Morgan fingerprint density at radius 2 is 1.41 bits per heavy atom. The van der Waals surface area contributed by atoms with Gasteiger partial charge in [0.2, 0.25) is 5.91 Å². The Kier molecular flexibility index (Phi) is 24.2. The quantitative estimate of drug-likeness (QED) is 0.0483. The second kappa shape index (κ2) is 29.9. The number of hydrogen-bond donors (Lipinski definition) is 3. The number of benzene rings is 3. The second-order valence-corrected chi connectivity index (χ2v) is 20.0. The van der Waals surface area contributed by atoms with E-state index in [1.54, 1.807) is 26.0 Å². The number of anilines is 3. The Morgan fingerprint density at radius 3 is 1.96 bits per heavy atom. The minimum atomic E-state index is -0.295. The molecule has 3 aromatic rings. The molecule has 2 atom stereocenters. The van der Waals surface area contributed by atoms with Gasteiger partial charge in [0.25, 0.3) is 0 Å². The molecule has 0 saturated carbocycles. The van der Waals surface area contributed by atoms with E-state index in [9.17, 15) is 24.0 Å². The molecule has 1 amide bonds. The number of amidine groups is 1. The van der Waals surface area contributed by atoms with E-state index in [1.807, 2.05) is 89.4 Å². The molecule has 0 spiro atoms. The van der Waals surface area contributed by atoms with E-state index < -0.39 is 0 Å². The van der Waals surface area contributed by atoms with Crippen LogP contribution in [0.1, 0.15) is 146 Å². The van der Waals surface area contributed by atoms with E-state index in [-0.39, 0.29) is 40.9 Å². The maximum absolute atomic E-state index is 13.2. The van der Waals surface area contributed by atoms with Gasteiger partial charge in [0.1, 0.15) is 29.8 Å². The number of piperidine rings is 1. The molecule has 3 aromatic carbocycles. The summed E-state index contributed by atoms with van der Waals surface area (Å²) in [6.07, 6.45) is 8.34. The smallest absolute Gasteiger partial charge is 0.231 e. The van der Waals surface area contributed by atoms with Crippen LogP contribution in [0.25, 0.3) is 0 Å². The normalized spacial score (nSPS) is 16.7. The second-order valence-electron chi connectivity index (χ2n) is 20.0. The average molecular weight is 1020 g/mol. The van der Waals surface area contributed by atoms with Crippen LogP contribution in [0.3, 0.4) is 0 Å². The SMILES string of the molecule is C=C/C(=C(/C)C1=C(C)OCCN1)N1CC/C(=C/N=C(C)Nc2ccc([C@@H](C)C(=O)Nc3ccc(N4CCN(C(CC)CC)CC4)cc3)cc2)C(=C)C1.CC(=O)CCC(C)C(C)=O.CC(=O)c1ccc(C)cc1C(C)=O. The predicted molar refractivity (Wildman–Crippen MR) is 309 cm³/mol. The van der Waals surface area contributed by atoms with Crippen molar-refractivity contribution in [1.29, 1.82) is 0 Å². The third-order valence-corrected chi connectivity index (χ3v) is 14.2. The van der Waals surface area contributed by atoms with Crippen molar-refractivity contribution < 1.29 is 28.7 Å². The summed E-state index contributed by atoms with van der Waals surface area (Å²) in [6, 6.07) is 22.2. The first-order valence-electron chi connectivity index (χ1n) is 26.6. The van der Waals surface area contributed by atoms with Gasteiger partial charge < -0.3 is 35.3 Å². The zero-order chi connectivity index (χ0) is 55.4. The highest BCUT2D eigenvalue weighted by atomic mass is 16.5. The lowest BCUT2D eigenvalue weighted by Crippen LogP contribution is -2.50. The fraction of sp³-hybridized carbons (Fsp3) is 0.452. The lowest BCUT2D eigenvalue weighted by atomic mass is 9.98. The van der Waals surface area contributed by atoms with Gasteiger partial charge in [-0.1, -0.05) is 63.8 Å². The van der Waals surface area contributed by atoms with Gasteiger partial charge in [0.15, 0.2) is 11.6 Å². The molecule has 3 aliphatic rings. The molecule has 13 heteroatoms. The van der Waals surface area contributed by atoms with Crippen LogP contribution in [0.2, 0.25) is 0 Å². The first-order chi connectivity index (χ1) is 35.7. The van der Waals surface area contributed by atoms with Gasteiger partial charge in [-0.05, 0) is 159 Å². The number of ether oxygens (including phenoxy) is 1. The van der Waals surface area contributed by atoms with Gasteiger partial charge in [-0.25, -0.2) is 4.99 Å². The number of amides is 1. The maximum Gasteiger partial charge on any atom is 0.231 e. The Labute approximate surface area is 448 Å². The zero-order valence-electron chi connectivity index (χ0n) is 47.1. The van der Waals surface area contributed by atoms with Crippen molar-refractivity contribution in [1.82, 2.24) is 15.1 Å². The molecule has 0 bridgehead atoms. The molecule has 0 radical (unpaired) electrons. The van der Waals surface area contributed by atoms with Crippen LogP contribution in [0, 0.1) is 12.8 Å². The number of ketones is 4. The van der Waals surface area contributed by atoms with E-state index in [0.717, 1.165) is 108 Å². The van der Waals surface area contributed by atoms with Gasteiger partial charge in [-0.3, -0.25) is 24.1 Å². The van der Waals surface area contributed by atoms with Crippen molar-refractivity contribution in [2.75, 3.05) is 68.0 Å². The van der Waals surface area contributed by atoms with E-state index in [1.165, 1.54) is 32.4 Å². The molecule has 75 heavy (non-hydrogen) atoms. The number of aryl methyl sites for hydroxylation is 1. The Balaban J connectivity index is 0.000000434. The number of carbonyl (C=O) groups excluding carboxylic acids is 5. The number of aliphatic imine (C=N–C) groups is 1. The van der Waals surface area contributed by atoms with Crippen LogP contribution in [0.15, 0.2) is 131 Å². The largest absolute Gasteiger partial charge is 0.494 e. The predicted octanol–water partition coefficient (Wildman–Crippen LogP) is 12.0. The number of piperazine rings is 1. The van der Waals surface area contributed by atoms with Crippen molar-refractivity contribution in [2.45, 2.75) is 127 Å². The summed E-state index contributed by atoms with van der Waals surface area (Å²) < 4.78 is 5.77. The van der Waals surface area contributed by atoms with Crippen molar-refractivity contribution in [3.05, 3.63) is 148 Å². The Hall–Kier alpha value is -6.86. The van der Waals surface area contributed by atoms with Gasteiger partial charge in [-0.2, -0.15) is 0 Å². The Bertz CT molecular complexity index is 2610. The van der Waals surface area contributed by atoms with Crippen LogP contribution >= 0.6 is 0 Å². The monoisotopic (exact) mass is 1020 g/mol. The summed E-state index contributed by atoms with van der Waals surface area (Å²) in [4.78, 5) is 68.7. The van der Waals surface area contributed by atoms with Crippen molar-refractivity contribution in [2.24, 2.45) is 10.9 Å². The van der Waals surface area contributed by atoms with Gasteiger partial charge in [0, 0.05) is 104 Å². The molecule has 0 aliphatic carbocycles. The van der Waals surface area contributed by atoms with Crippen LogP contribution in [-0.4, -0.2) is 103 Å². The van der Waals surface area contributed by atoms with Crippen molar-refractivity contribution in [3.63, 3.8) is 0 Å². The Morgan fingerprint density at radius 1 is 0.800 bits per heavy atom. The van der Waals surface area contributed by atoms with Gasteiger partial charge >= 0.3 is 0 Å². The molecule has 3 N–H and O–H groups in total. The molecule has 1 unspecified atom stereocenters. The number of hydrogen-bond acceptors (Lipinski definition) is 11. The van der Waals surface area contributed by atoms with Gasteiger partial charge in [0.05, 0.1) is 11.6 Å². The number of carbonyl (C=O) groups is 5. The van der Waals surface area contributed by atoms with Crippen LogP contribution in [0.5, 0.6) is 0 Å². The standard InChI is InChI=1S/C43H59N7O2.C11H12O2.C8H14O2/c1-9-39(10-2)48-23-25-49(26-24-48)40-18-16-38(17-19-40)47-43(51)31(5)35-12-14-37(15-13-35)46-34(8)45-28-36-20-22-50(29-30(36)4)41(11-3)32(6)42-33(7)52-27-21-44-42;1-7-4-5-10(8(2)12)11(6-7)9(3)13;1-6(8(3)10)4-5-7(2)9/h11-19,28,31,39,44H,3-4,9-10,20-27,29H2,1-2,5-8H3,(H,45,46)(H,47,51);4-6H,1-3H3;6H,4-5H2,1-3H3/b36-28-,41-32+;;/t31-;;/m1../s1.